The maximum atomic E-state index is 12.6. The van der Waals surface area contributed by atoms with E-state index in [-0.39, 0.29) is 54.6 Å². The van der Waals surface area contributed by atoms with Gasteiger partial charge in [-0.2, -0.15) is 30.4 Å². The summed E-state index contributed by atoms with van der Waals surface area (Å²) in [5.41, 5.74) is 5.80. The minimum Gasteiger partial charge on any atom is -0.507 e. The van der Waals surface area contributed by atoms with Crippen molar-refractivity contribution in [2.24, 2.45) is 25.4 Å². The summed E-state index contributed by atoms with van der Waals surface area (Å²) in [6.07, 6.45) is 0. The molecule has 0 heterocycles. The van der Waals surface area contributed by atoms with Crippen LogP contribution in [0.1, 0.15) is 5.56 Å². The molecule has 294 valence electrons. The Morgan fingerprint density at radius 1 is 0.552 bits per heavy atom. The van der Waals surface area contributed by atoms with Gasteiger partial charge in [-0.15, -0.1) is 15.3 Å². The SMILES string of the molecule is Nc1ccc(C(O)=Nc2ccc3c(O)c(N=Nc4ccc(N=Nc5ccc6c(S(=O)(=O)O)cccc6c5)c5c(O)cc(S(=O)(=O)O)cc45)c(S(=O)(=O)O)cc3c2)cc1. The Morgan fingerprint density at radius 2 is 1.19 bits per heavy atom. The van der Waals surface area contributed by atoms with E-state index >= 15 is 0 Å². The topological polar surface area (TPSA) is 312 Å². The molecule has 7 aromatic rings. The van der Waals surface area contributed by atoms with Gasteiger partial charge >= 0.3 is 0 Å². The number of phenols is 2. The van der Waals surface area contributed by atoms with Crippen LogP contribution in [0.2, 0.25) is 0 Å². The zero-order chi connectivity index (χ0) is 41.7. The number of rotatable bonds is 9. The monoisotopic (exact) mass is 842 g/mol. The van der Waals surface area contributed by atoms with E-state index in [1.807, 2.05) is 0 Å². The molecular formula is C37H26N6O12S3. The van der Waals surface area contributed by atoms with E-state index in [1.54, 1.807) is 18.2 Å². The zero-order valence-corrected chi connectivity index (χ0v) is 31.5. The Morgan fingerprint density at radius 3 is 1.88 bits per heavy atom. The number of anilines is 1. The van der Waals surface area contributed by atoms with Crippen molar-refractivity contribution in [1.82, 2.24) is 0 Å². The van der Waals surface area contributed by atoms with Crippen LogP contribution in [0.25, 0.3) is 32.3 Å². The summed E-state index contributed by atoms with van der Waals surface area (Å²) in [5, 5.41) is 49.4. The third kappa shape index (κ3) is 7.88. The summed E-state index contributed by atoms with van der Waals surface area (Å²) >= 11 is 0. The average molecular weight is 843 g/mol. The molecule has 0 bridgehead atoms. The third-order valence-corrected chi connectivity index (χ3v) is 11.3. The van der Waals surface area contributed by atoms with Gasteiger partial charge in [-0.05, 0) is 95.7 Å². The minimum atomic E-state index is -5.11. The summed E-state index contributed by atoms with van der Waals surface area (Å²) in [6.45, 7) is 0. The molecule has 58 heavy (non-hydrogen) atoms. The number of hydrogen-bond acceptors (Lipinski definition) is 14. The second kappa shape index (κ2) is 14.6. The van der Waals surface area contributed by atoms with Crippen LogP contribution in [0, 0.1) is 0 Å². The molecule has 7 aromatic carbocycles. The van der Waals surface area contributed by atoms with Crippen molar-refractivity contribution >= 4 is 103 Å². The van der Waals surface area contributed by atoms with E-state index in [0.717, 1.165) is 18.2 Å². The highest BCUT2D eigenvalue weighted by molar-refractivity contribution is 7.86. The molecule has 0 saturated heterocycles. The molecular weight excluding hydrogens is 817 g/mol. The number of aliphatic hydroxyl groups excluding tert-OH is 1. The fourth-order valence-corrected chi connectivity index (χ4v) is 7.89. The van der Waals surface area contributed by atoms with Gasteiger partial charge in [-0.3, -0.25) is 13.7 Å². The number of phenolic OH excluding ortho intramolecular Hbond substituents is 2. The predicted molar refractivity (Wildman–Crippen MR) is 213 cm³/mol. The first-order valence-corrected chi connectivity index (χ1v) is 20.6. The molecule has 0 atom stereocenters. The summed E-state index contributed by atoms with van der Waals surface area (Å²) < 4.78 is 103. The van der Waals surface area contributed by atoms with Crippen LogP contribution in [0.4, 0.5) is 34.1 Å². The van der Waals surface area contributed by atoms with Gasteiger partial charge < -0.3 is 21.1 Å². The number of hydrogen-bond donors (Lipinski definition) is 7. The molecule has 0 aliphatic carbocycles. The smallest absolute Gasteiger partial charge is 0.296 e. The summed E-state index contributed by atoms with van der Waals surface area (Å²) in [6, 6.07) is 23.9. The number of aromatic hydroxyl groups is 2. The van der Waals surface area contributed by atoms with Crippen molar-refractivity contribution in [3.8, 4) is 11.5 Å². The molecule has 0 saturated carbocycles. The van der Waals surface area contributed by atoms with Crippen LogP contribution in [0.3, 0.4) is 0 Å². The van der Waals surface area contributed by atoms with Gasteiger partial charge in [0.2, 0.25) is 5.90 Å². The molecule has 18 nitrogen and oxygen atoms in total. The van der Waals surface area contributed by atoms with Gasteiger partial charge in [0.15, 0.2) is 5.75 Å². The molecule has 0 radical (unpaired) electrons. The lowest BCUT2D eigenvalue weighted by atomic mass is 10.1. The molecule has 0 unspecified atom stereocenters. The molecule has 8 N–H and O–H groups in total. The number of aliphatic imine (C=N–C) groups is 1. The summed E-state index contributed by atoms with van der Waals surface area (Å²) in [4.78, 5) is 2.15. The van der Waals surface area contributed by atoms with Crippen LogP contribution >= 0.6 is 0 Å². The lowest BCUT2D eigenvalue weighted by Gasteiger charge is -2.11. The van der Waals surface area contributed by atoms with Gasteiger partial charge in [0.25, 0.3) is 30.4 Å². The van der Waals surface area contributed by atoms with Gasteiger partial charge in [-0.25, -0.2) is 4.99 Å². The largest absolute Gasteiger partial charge is 0.507 e. The second-order valence-electron chi connectivity index (χ2n) is 12.5. The van der Waals surface area contributed by atoms with Gasteiger partial charge in [0, 0.05) is 33.5 Å². The molecule has 0 aromatic heterocycles. The quantitative estimate of drug-likeness (QED) is 0.0236. The first-order valence-electron chi connectivity index (χ1n) is 16.3. The molecule has 0 spiro atoms. The van der Waals surface area contributed by atoms with Gasteiger partial charge in [0.05, 0.1) is 33.0 Å². The number of aliphatic hydroxyl groups is 1. The minimum absolute atomic E-state index is 0.0297. The normalized spacial score (nSPS) is 13.1. The first kappa shape index (κ1) is 39.4. The second-order valence-corrected chi connectivity index (χ2v) is 16.7. The number of azo groups is 2. The highest BCUT2D eigenvalue weighted by atomic mass is 32.2. The first-order chi connectivity index (χ1) is 27.3. The van der Waals surface area contributed by atoms with E-state index in [4.69, 9.17) is 5.73 Å². The zero-order valence-electron chi connectivity index (χ0n) is 29.1. The van der Waals surface area contributed by atoms with E-state index < -0.39 is 63.2 Å². The van der Waals surface area contributed by atoms with E-state index in [2.05, 4.69) is 25.4 Å². The van der Waals surface area contributed by atoms with Crippen LogP contribution in [-0.4, -0.2) is 60.1 Å². The Kier molecular flexibility index (Phi) is 9.88. The van der Waals surface area contributed by atoms with Crippen LogP contribution in [0.15, 0.2) is 149 Å². The van der Waals surface area contributed by atoms with E-state index in [9.17, 15) is 54.2 Å². The van der Waals surface area contributed by atoms with Gasteiger partial charge in [-0.1, -0.05) is 18.2 Å². The third-order valence-electron chi connectivity index (χ3n) is 8.67. The van der Waals surface area contributed by atoms with Gasteiger partial charge in [0.1, 0.15) is 21.2 Å². The number of benzene rings is 7. The van der Waals surface area contributed by atoms with Crippen molar-refractivity contribution in [1.29, 1.82) is 0 Å². The average Bonchev–Trinajstić information content (AvgIpc) is 3.15. The van der Waals surface area contributed by atoms with Crippen molar-refractivity contribution in [2.45, 2.75) is 14.7 Å². The highest BCUT2D eigenvalue weighted by Gasteiger charge is 2.23. The molecule has 7 rings (SSSR count). The Labute approximate surface area is 327 Å². The van der Waals surface area contributed by atoms with Crippen molar-refractivity contribution < 1.29 is 54.2 Å². The Balaban J connectivity index is 1.32. The lowest BCUT2D eigenvalue weighted by molar-refractivity contribution is 0.470. The number of nitrogens with zero attached hydrogens (tertiary/aromatic N) is 5. The van der Waals surface area contributed by atoms with E-state index in [1.165, 1.54) is 72.8 Å². The number of nitrogens with two attached hydrogens (primary N) is 1. The van der Waals surface area contributed by atoms with Crippen molar-refractivity contribution in [3.05, 3.63) is 115 Å². The van der Waals surface area contributed by atoms with E-state index in [0.29, 0.717) is 16.6 Å². The Hall–Kier alpha value is -6.88. The van der Waals surface area contributed by atoms with Crippen molar-refractivity contribution in [3.63, 3.8) is 0 Å². The maximum Gasteiger partial charge on any atom is 0.296 e. The number of nitrogen functional groups attached to an aromatic ring is 1. The molecule has 21 heteroatoms. The maximum absolute atomic E-state index is 12.6. The summed E-state index contributed by atoms with van der Waals surface area (Å²) in [7, 11) is -14.6. The fraction of sp³-hybridized carbons (Fsp3) is 0. The predicted octanol–water partition coefficient (Wildman–Crippen LogP) is 8.35. The summed E-state index contributed by atoms with van der Waals surface area (Å²) in [5.74, 6) is -1.85. The van der Waals surface area contributed by atoms with Crippen LogP contribution in [-0.2, 0) is 30.4 Å². The van der Waals surface area contributed by atoms with Crippen LogP contribution < -0.4 is 5.73 Å². The fourth-order valence-electron chi connectivity index (χ4n) is 5.99. The molecule has 0 aliphatic heterocycles. The van der Waals surface area contributed by atoms with Crippen LogP contribution in [0.5, 0.6) is 11.5 Å². The highest BCUT2D eigenvalue weighted by Crippen LogP contribution is 2.45. The standard InChI is InChI=1S/C37H26N6O12S3/c38-22-6-4-19(5-7-22)37(46)39-23-8-11-27-21(15-23)16-33(58(53,54)55)35(36(27)45)43-41-29-12-13-30(34-28(29)17-25(18-31(34)44)56(47,48)49)42-40-24-9-10-26-20(14-24)2-1-3-32(26)57(50,51)52/h1-18,44-45H,38H2,(H,39,46)(H,47,48,49)(H,50,51,52)(H,53,54,55). The lowest BCUT2D eigenvalue weighted by Crippen LogP contribution is -1.99. The van der Waals surface area contributed by atoms with Crippen molar-refractivity contribution in [2.75, 3.05) is 5.73 Å². The molecule has 0 amide bonds. The Bertz CT molecular complexity index is 3300. The number of fused-ring (bicyclic) bond motifs is 3. The molecule has 0 aliphatic rings. The molecule has 0 fully saturated rings.